The molecule has 0 radical (unpaired) electrons. The van der Waals surface area contributed by atoms with Crippen molar-refractivity contribution in [2.45, 2.75) is 185 Å². The summed E-state index contributed by atoms with van der Waals surface area (Å²) in [4.78, 5) is 182. The maximum absolute atomic E-state index is 15.4. The van der Waals surface area contributed by atoms with Crippen LogP contribution in [0.1, 0.15) is 111 Å². The second kappa shape index (κ2) is 38.3. The van der Waals surface area contributed by atoms with Crippen LogP contribution in [0, 0.1) is 17.8 Å². The Morgan fingerprint density at radius 1 is 0.775 bits per heavy atom. The van der Waals surface area contributed by atoms with Crippen molar-refractivity contribution >= 4 is 76.9 Å². The molecule has 0 aliphatic carbocycles. The van der Waals surface area contributed by atoms with Crippen LogP contribution in [-0.2, 0) is 73.4 Å². The highest BCUT2D eigenvalue weighted by atomic mass is 32.2. The number of amides is 9. The van der Waals surface area contributed by atoms with Crippen molar-refractivity contribution in [3.05, 3.63) is 111 Å². The van der Waals surface area contributed by atoms with E-state index in [0.29, 0.717) is 17.7 Å². The molecule has 5 heterocycles. The summed E-state index contributed by atoms with van der Waals surface area (Å²) >= 11 is 1.21. The third-order valence-electron chi connectivity index (χ3n) is 17.8. The van der Waals surface area contributed by atoms with Crippen molar-refractivity contribution in [1.29, 1.82) is 0 Å². The van der Waals surface area contributed by atoms with Crippen LogP contribution in [0.15, 0.2) is 88.6 Å². The number of H-pyrrole nitrogens is 1. The normalized spacial score (nSPS) is 27.5. The maximum Gasteiger partial charge on any atom is 0.332 e. The molecule has 17 atom stereocenters. The number of nitrogens with one attached hydrogen (secondary N) is 9. The summed E-state index contributed by atoms with van der Waals surface area (Å²) in [7, 11) is 1.27. The molecule has 9 amide bonds. The highest BCUT2D eigenvalue weighted by Crippen LogP contribution is 2.30. The Balaban J connectivity index is 1.27. The standard InChI is InChI=1S/C68H95N11O22S/c1-10-36(4)52-61(91)77-55-42-20-22-43(23-21-42)100-40(8)68(97,34-102-29-15-27-69-47(81)18-14-19-48(82)70-31-46-57(87)58(88)65(101-46)79-28-25-50(84)73-67(79)96)26-24-49(83)71-32-51(85)98-33-44(66(95)99-39(7)54(63(93)74-52)76-59(89)37(5)56(86)35(2)3)72-62(92)53(38(6)80)75-60(90)45(78(9)64(55)94)30-41-16-12-11-13-17-41/h11-13,16-17,20-26,28,35-40,44-46,52-58,65,80,86-88,97H,10,14-15,18-19,27,29-34H2,1-9H3,(H,69,81)(H,70,82)(H,71,83)(H,72,92)(H,74,93)(H,75,90)(H,76,89)(H,77,91)(H,73,84,96)/b26-24+/t36-,37+,38+,39+,40-,44-,45-,46+,52+,53+,54-,55-,56+,57+,58+,65+,68+/m0/s1. The molecule has 2 fully saturated rings. The molecule has 2 aromatic carbocycles. The zero-order valence-electron chi connectivity index (χ0n) is 58.3. The Kier molecular flexibility index (Phi) is 30.7. The van der Waals surface area contributed by atoms with Gasteiger partial charge in [-0.2, -0.15) is 11.8 Å². The summed E-state index contributed by atoms with van der Waals surface area (Å²) in [5.74, 6) is -12.5. The van der Waals surface area contributed by atoms with Gasteiger partial charge in [-0.15, -0.1) is 0 Å². The predicted molar refractivity (Wildman–Crippen MR) is 366 cm³/mol. The number of carbonyl (C=O) groups excluding carboxylic acids is 11. The number of aromatic nitrogens is 2. The summed E-state index contributed by atoms with van der Waals surface area (Å²) in [6.45, 7) is 9.89. The van der Waals surface area contributed by atoms with Gasteiger partial charge in [0.25, 0.3) is 5.56 Å². The van der Waals surface area contributed by atoms with E-state index in [4.69, 9.17) is 18.9 Å². The molecule has 1 aromatic heterocycles. The molecule has 0 unspecified atom stereocenters. The molecule has 33 nitrogen and oxygen atoms in total. The second-order valence-electron chi connectivity index (χ2n) is 25.9. The van der Waals surface area contributed by atoms with Crippen LogP contribution in [0.5, 0.6) is 5.75 Å². The highest BCUT2D eigenvalue weighted by molar-refractivity contribution is 7.99. The number of nitrogens with zero attached hydrogens (tertiary/aromatic N) is 2. The van der Waals surface area contributed by atoms with Gasteiger partial charge in [0.15, 0.2) is 12.3 Å². The average Bonchev–Trinajstić information content (AvgIpc) is 1.33. The second-order valence-corrected chi connectivity index (χ2v) is 27.0. The molecule has 0 spiro atoms. The molecule has 4 bridgehead atoms. The zero-order valence-corrected chi connectivity index (χ0v) is 59.1. The van der Waals surface area contributed by atoms with E-state index in [1.807, 2.05) is 4.98 Å². The number of aromatic amines is 1. The summed E-state index contributed by atoms with van der Waals surface area (Å²) in [6.07, 6.45) is -7.78. The van der Waals surface area contributed by atoms with Crippen molar-refractivity contribution < 1.29 is 97.2 Å². The fraction of sp³-hybridized carbons (Fsp3) is 0.574. The summed E-state index contributed by atoms with van der Waals surface area (Å²) < 4.78 is 24.0. The van der Waals surface area contributed by atoms with Gasteiger partial charge >= 0.3 is 17.6 Å². The third-order valence-corrected chi connectivity index (χ3v) is 19.0. The molecular weight excluding hydrogens is 1350 g/mol. The zero-order chi connectivity index (χ0) is 75.3. The third kappa shape index (κ3) is 23.0. The lowest BCUT2D eigenvalue weighted by atomic mass is 9.93. The molecular formula is C68H95N11O22S. The van der Waals surface area contributed by atoms with Gasteiger partial charge in [-0.3, -0.25) is 62.3 Å². The van der Waals surface area contributed by atoms with Gasteiger partial charge in [0.2, 0.25) is 53.2 Å². The number of thioether (sulfide) groups is 1. The molecule has 4 aliphatic heterocycles. The Labute approximate surface area is 592 Å². The summed E-state index contributed by atoms with van der Waals surface area (Å²) in [6, 6.07) is 4.58. The van der Waals surface area contributed by atoms with E-state index in [-0.39, 0.29) is 68.2 Å². The van der Waals surface area contributed by atoms with Crippen molar-refractivity contribution in [3.8, 4) is 5.75 Å². The van der Waals surface area contributed by atoms with Crippen molar-refractivity contribution in [2.75, 3.05) is 44.8 Å². The minimum atomic E-state index is -2.04. The first-order valence-electron chi connectivity index (χ1n) is 33.7. The Morgan fingerprint density at radius 2 is 1.43 bits per heavy atom. The first-order valence-corrected chi connectivity index (χ1v) is 34.8. The van der Waals surface area contributed by atoms with Crippen LogP contribution < -0.4 is 58.5 Å². The number of hydrogen-bond acceptors (Lipinski definition) is 23. The van der Waals surface area contributed by atoms with Gasteiger partial charge in [0.05, 0.1) is 18.1 Å². The van der Waals surface area contributed by atoms with Crippen LogP contribution in [0.2, 0.25) is 0 Å². The molecule has 560 valence electrons. The minimum Gasteiger partial charge on any atom is -0.487 e. The molecule has 34 heteroatoms. The van der Waals surface area contributed by atoms with E-state index >= 15 is 9.59 Å². The van der Waals surface area contributed by atoms with E-state index in [1.165, 1.54) is 63.8 Å². The number of esters is 2. The molecule has 4 aliphatic rings. The van der Waals surface area contributed by atoms with Crippen LogP contribution in [0.3, 0.4) is 0 Å². The number of rotatable bonds is 22. The summed E-state index contributed by atoms with van der Waals surface area (Å²) in [5.41, 5.74) is -2.93. The van der Waals surface area contributed by atoms with E-state index in [9.17, 15) is 78.3 Å². The van der Waals surface area contributed by atoms with E-state index < -0.39 is 192 Å². The SMILES string of the molecule is CC[C@H](C)[C@H]1NC(=O)[C@@H](NC(=O)[C@H](C)[C@H](O)C(C)C)[C@@H](C)OC(=O)[C@@H]2COC(=O)CNC(=O)/C=C/[C@@](O)(CSCCCNC(=O)CCCC(=O)NC[C@H]3O[C@@H](n4ccc(=O)[nH]c4=O)[C@H](O)[C@@H]3O)[C@H](C)Oc3ccc(cc3)[C@H](NC1=O)C(=O)N(C)[C@@H](Cc1ccccc1)C(=O)N[C@H]([C@@H](C)O)C(=O)N2. The van der Waals surface area contributed by atoms with E-state index in [1.54, 1.807) is 58.0 Å². The average molecular weight is 1450 g/mol. The fourth-order valence-corrected chi connectivity index (χ4v) is 12.3. The number of ether oxygens (including phenoxy) is 4. The molecule has 0 saturated carbocycles. The van der Waals surface area contributed by atoms with E-state index in [0.717, 1.165) is 40.8 Å². The lowest BCUT2D eigenvalue weighted by Crippen LogP contribution is -2.61. The number of fused-ring (bicyclic) bond motifs is 11. The first-order chi connectivity index (χ1) is 48.2. The number of carbonyl (C=O) groups is 11. The quantitative estimate of drug-likeness (QED) is 0.0360. The fourth-order valence-electron chi connectivity index (χ4n) is 11.1. The molecule has 3 aromatic rings. The minimum absolute atomic E-state index is 0.0399. The Morgan fingerprint density at radius 3 is 2.08 bits per heavy atom. The van der Waals surface area contributed by atoms with E-state index in [2.05, 4.69) is 42.5 Å². The Hall–Kier alpha value is -9.06. The van der Waals surface area contributed by atoms with Gasteiger partial charge in [-0.1, -0.05) is 83.5 Å². The monoisotopic (exact) mass is 1450 g/mol. The Bertz CT molecular complexity index is 3580. The topological polar surface area (TPSA) is 480 Å². The highest BCUT2D eigenvalue weighted by Gasteiger charge is 2.46. The first kappa shape index (κ1) is 81.9. The maximum atomic E-state index is 15.4. The molecule has 7 rings (SSSR count). The van der Waals surface area contributed by atoms with Crippen molar-refractivity contribution in [3.63, 3.8) is 0 Å². The number of aliphatic hydroxyl groups excluding tert-OH is 4. The lowest BCUT2D eigenvalue weighted by Gasteiger charge is -2.34. The number of benzene rings is 2. The van der Waals surface area contributed by atoms with Gasteiger partial charge in [-0.05, 0) is 80.5 Å². The number of aliphatic hydroxyl groups is 5. The predicted octanol–water partition coefficient (Wildman–Crippen LogP) is -2.70. The van der Waals surface area contributed by atoms with Crippen LogP contribution >= 0.6 is 11.8 Å². The lowest BCUT2D eigenvalue weighted by molar-refractivity contribution is -0.160. The number of cyclic esters (lactones) is 1. The molecule has 102 heavy (non-hydrogen) atoms. The van der Waals surface area contributed by atoms with Crippen molar-refractivity contribution in [2.24, 2.45) is 17.8 Å². The van der Waals surface area contributed by atoms with Gasteiger partial charge < -0.3 is 91.9 Å². The molecule has 14 N–H and O–H groups in total. The largest absolute Gasteiger partial charge is 0.487 e. The van der Waals surface area contributed by atoms with Gasteiger partial charge in [0, 0.05) is 63.5 Å². The van der Waals surface area contributed by atoms with Crippen molar-refractivity contribution in [1.82, 2.24) is 57.0 Å². The summed E-state index contributed by atoms with van der Waals surface area (Å²) in [5, 5.41) is 75.9. The van der Waals surface area contributed by atoms with Crippen LogP contribution in [0.25, 0.3) is 0 Å². The van der Waals surface area contributed by atoms with Crippen LogP contribution in [0.4, 0.5) is 0 Å². The van der Waals surface area contributed by atoms with Gasteiger partial charge in [0.1, 0.15) is 85.2 Å². The van der Waals surface area contributed by atoms with Crippen LogP contribution in [-0.4, -0.2) is 228 Å². The molecule has 2 saturated heterocycles. The van der Waals surface area contributed by atoms with Gasteiger partial charge in [-0.25, -0.2) is 9.59 Å². The number of likely N-dealkylation sites (N-methyl/N-ethyl adjacent to an activating group) is 1. The number of hydrogen-bond donors (Lipinski definition) is 14. The smallest absolute Gasteiger partial charge is 0.332 e.